The number of unbranched alkanes of at least 4 members (excludes halogenated alkanes) is 5. The number of thiocarbonyl (C=S) groups is 1. The number of rotatable bonds is 10. The highest BCUT2D eigenvalue weighted by Crippen LogP contribution is 2.11. The van der Waals surface area contributed by atoms with Crippen LogP contribution in [0.3, 0.4) is 0 Å². The second kappa shape index (κ2) is 10.9. The SMILES string of the molecule is CC1=C(C(=O)OCCCCCCCCc2ccccc2)CNC(=S)N1. The van der Waals surface area contributed by atoms with Crippen LogP contribution in [-0.4, -0.2) is 24.2 Å². The number of ether oxygens (including phenoxy) is 1. The summed E-state index contributed by atoms with van der Waals surface area (Å²) in [6, 6.07) is 10.6. The number of esters is 1. The Morgan fingerprint density at radius 1 is 1.08 bits per heavy atom. The number of hydrogen-bond donors (Lipinski definition) is 2. The quantitative estimate of drug-likeness (QED) is 0.377. The standard InChI is InChI=1S/C20H28N2O2S/c1-16-18(15-21-20(25)22-16)19(23)24-14-10-5-3-2-4-7-11-17-12-8-6-9-13-17/h6,8-9,12-13H,2-5,7,10-11,14-15H2,1H3,(H2,21,22,25). The summed E-state index contributed by atoms with van der Waals surface area (Å²) >= 11 is 5.01. The van der Waals surface area contributed by atoms with E-state index in [-0.39, 0.29) is 5.97 Å². The lowest BCUT2D eigenvalue weighted by molar-refractivity contribution is -0.139. The molecule has 0 radical (unpaired) electrons. The Kier molecular flexibility index (Phi) is 8.46. The summed E-state index contributed by atoms with van der Waals surface area (Å²) in [5.74, 6) is -0.247. The van der Waals surface area contributed by atoms with E-state index in [9.17, 15) is 4.79 Å². The average molecular weight is 361 g/mol. The van der Waals surface area contributed by atoms with Crippen LogP contribution in [0, 0.1) is 0 Å². The third-order valence-corrected chi connectivity index (χ3v) is 4.61. The predicted octanol–water partition coefficient (Wildman–Crippen LogP) is 3.86. The largest absolute Gasteiger partial charge is 0.462 e. The summed E-state index contributed by atoms with van der Waals surface area (Å²) in [6.07, 6.45) is 8.15. The smallest absolute Gasteiger partial charge is 0.337 e. The van der Waals surface area contributed by atoms with Crippen LogP contribution in [-0.2, 0) is 16.0 Å². The molecule has 1 aromatic carbocycles. The first kappa shape index (κ1) is 19.4. The van der Waals surface area contributed by atoms with Gasteiger partial charge in [-0.1, -0.05) is 56.0 Å². The third-order valence-electron chi connectivity index (χ3n) is 4.36. The number of benzene rings is 1. The summed E-state index contributed by atoms with van der Waals surface area (Å²) in [6.45, 7) is 2.78. The average Bonchev–Trinajstić information content (AvgIpc) is 2.61. The minimum absolute atomic E-state index is 0.247. The lowest BCUT2D eigenvalue weighted by Crippen LogP contribution is -2.42. The summed E-state index contributed by atoms with van der Waals surface area (Å²) in [7, 11) is 0. The van der Waals surface area contributed by atoms with Crippen LogP contribution in [0.15, 0.2) is 41.6 Å². The first-order valence-electron chi connectivity index (χ1n) is 9.12. The van der Waals surface area contributed by atoms with Crippen LogP contribution in [0.1, 0.15) is 51.0 Å². The Balaban J connectivity index is 1.47. The Labute approximate surface area is 156 Å². The van der Waals surface area contributed by atoms with Crippen LogP contribution in [0.5, 0.6) is 0 Å². The molecule has 0 aromatic heterocycles. The van der Waals surface area contributed by atoms with E-state index in [0.29, 0.717) is 23.8 Å². The van der Waals surface area contributed by atoms with Gasteiger partial charge in [-0.2, -0.15) is 0 Å². The zero-order valence-corrected chi connectivity index (χ0v) is 15.8. The van der Waals surface area contributed by atoms with Gasteiger partial charge in [0, 0.05) is 5.70 Å². The van der Waals surface area contributed by atoms with E-state index < -0.39 is 0 Å². The highest BCUT2D eigenvalue weighted by atomic mass is 32.1. The van der Waals surface area contributed by atoms with E-state index in [4.69, 9.17) is 17.0 Å². The van der Waals surface area contributed by atoms with Crippen LogP contribution in [0.2, 0.25) is 0 Å². The molecule has 0 bridgehead atoms. The molecule has 1 aromatic rings. The molecule has 4 nitrogen and oxygen atoms in total. The molecule has 2 rings (SSSR count). The molecule has 5 heteroatoms. The Morgan fingerprint density at radius 3 is 2.48 bits per heavy atom. The van der Waals surface area contributed by atoms with Crippen molar-refractivity contribution in [3.63, 3.8) is 0 Å². The van der Waals surface area contributed by atoms with Gasteiger partial charge >= 0.3 is 5.97 Å². The van der Waals surface area contributed by atoms with E-state index in [1.165, 1.54) is 37.7 Å². The minimum atomic E-state index is -0.247. The van der Waals surface area contributed by atoms with Gasteiger partial charge in [0.05, 0.1) is 18.7 Å². The fraction of sp³-hybridized carbons (Fsp3) is 0.500. The molecule has 1 heterocycles. The van der Waals surface area contributed by atoms with E-state index in [2.05, 4.69) is 41.0 Å². The fourth-order valence-electron chi connectivity index (χ4n) is 2.85. The van der Waals surface area contributed by atoms with E-state index in [0.717, 1.165) is 18.5 Å². The molecule has 0 saturated heterocycles. The number of carbonyl (C=O) groups is 1. The lowest BCUT2D eigenvalue weighted by atomic mass is 10.1. The molecule has 1 aliphatic rings. The van der Waals surface area contributed by atoms with Crippen molar-refractivity contribution in [1.29, 1.82) is 0 Å². The molecule has 0 spiro atoms. The Morgan fingerprint density at radius 2 is 1.76 bits per heavy atom. The molecule has 136 valence electrons. The molecule has 1 aliphatic heterocycles. The Hall–Kier alpha value is -1.88. The van der Waals surface area contributed by atoms with Gasteiger partial charge in [0.25, 0.3) is 0 Å². The number of nitrogens with one attached hydrogen (secondary N) is 2. The Bertz CT molecular complexity index is 599. The number of carbonyl (C=O) groups excluding carboxylic acids is 1. The molecule has 0 unspecified atom stereocenters. The monoisotopic (exact) mass is 360 g/mol. The number of allylic oxidation sites excluding steroid dienone is 1. The summed E-state index contributed by atoms with van der Waals surface area (Å²) in [5.41, 5.74) is 2.84. The van der Waals surface area contributed by atoms with Gasteiger partial charge in [0.2, 0.25) is 0 Å². The maximum Gasteiger partial charge on any atom is 0.337 e. The fourth-order valence-corrected chi connectivity index (χ4v) is 3.08. The second-order valence-corrected chi connectivity index (χ2v) is 6.81. The first-order valence-corrected chi connectivity index (χ1v) is 9.53. The number of hydrogen-bond acceptors (Lipinski definition) is 3. The van der Waals surface area contributed by atoms with E-state index in [1.54, 1.807) is 0 Å². The molecule has 0 amide bonds. The van der Waals surface area contributed by atoms with Crippen molar-refractivity contribution >= 4 is 23.3 Å². The zero-order valence-electron chi connectivity index (χ0n) is 15.0. The summed E-state index contributed by atoms with van der Waals surface area (Å²) in [5, 5.41) is 6.46. The van der Waals surface area contributed by atoms with Crippen LogP contribution in [0.4, 0.5) is 0 Å². The van der Waals surface area contributed by atoms with E-state index >= 15 is 0 Å². The van der Waals surface area contributed by atoms with Crippen molar-refractivity contribution in [3.8, 4) is 0 Å². The third kappa shape index (κ3) is 7.26. The summed E-state index contributed by atoms with van der Waals surface area (Å²) in [4.78, 5) is 12.0. The van der Waals surface area contributed by atoms with Gasteiger partial charge in [-0.3, -0.25) is 0 Å². The van der Waals surface area contributed by atoms with Gasteiger partial charge in [-0.25, -0.2) is 4.79 Å². The first-order chi connectivity index (χ1) is 12.2. The van der Waals surface area contributed by atoms with Crippen molar-refractivity contribution in [2.75, 3.05) is 13.2 Å². The molecular weight excluding hydrogens is 332 g/mol. The molecule has 0 aliphatic carbocycles. The summed E-state index contributed by atoms with van der Waals surface area (Å²) < 4.78 is 5.35. The highest BCUT2D eigenvalue weighted by molar-refractivity contribution is 7.80. The molecule has 0 fully saturated rings. The van der Waals surface area contributed by atoms with Gasteiger partial charge in [-0.15, -0.1) is 0 Å². The minimum Gasteiger partial charge on any atom is -0.462 e. The molecule has 0 atom stereocenters. The van der Waals surface area contributed by atoms with Crippen molar-refractivity contribution in [2.45, 2.75) is 51.9 Å². The van der Waals surface area contributed by atoms with Gasteiger partial charge < -0.3 is 15.4 Å². The highest BCUT2D eigenvalue weighted by Gasteiger charge is 2.19. The van der Waals surface area contributed by atoms with Crippen LogP contribution >= 0.6 is 12.2 Å². The normalized spacial score (nSPS) is 14.0. The van der Waals surface area contributed by atoms with Crippen molar-refractivity contribution < 1.29 is 9.53 Å². The van der Waals surface area contributed by atoms with Crippen LogP contribution in [0.25, 0.3) is 0 Å². The van der Waals surface area contributed by atoms with Crippen molar-refractivity contribution in [1.82, 2.24) is 10.6 Å². The molecule has 25 heavy (non-hydrogen) atoms. The molecule has 0 saturated carbocycles. The maximum absolute atomic E-state index is 12.0. The predicted molar refractivity (Wildman–Crippen MR) is 105 cm³/mol. The molecule has 2 N–H and O–H groups in total. The second-order valence-electron chi connectivity index (χ2n) is 6.40. The van der Waals surface area contributed by atoms with Crippen molar-refractivity contribution in [2.24, 2.45) is 0 Å². The van der Waals surface area contributed by atoms with Gasteiger partial charge in [0.15, 0.2) is 5.11 Å². The molecular formula is C20H28N2O2S. The van der Waals surface area contributed by atoms with Crippen molar-refractivity contribution in [3.05, 3.63) is 47.2 Å². The maximum atomic E-state index is 12.0. The van der Waals surface area contributed by atoms with Gasteiger partial charge in [0.1, 0.15) is 0 Å². The van der Waals surface area contributed by atoms with E-state index in [1.807, 2.05) is 6.92 Å². The lowest BCUT2D eigenvalue weighted by Gasteiger charge is -2.20. The van der Waals surface area contributed by atoms with Crippen LogP contribution < -0.4 is 10.6 Å². The number of aryl methyl sites for hydroxylation is 1. The zero-order chi connectivity index (χ0) is 17.9. The topological polar surface area (TPSA) is 50.4 Å². The van der Waals surface area contributed by atoms with Gasteiger partial charge in [-0.05, 0) is 44.0 Å².